The molecule has 39 heavy (non-hydrogen) atoms. The van der Waals surface area contributed by atoms with E-state index in [4.69, 9.17) is 18.9 Å². The molecule has 0 radical (unpaired) electrons. The maximum atomic E-state index is 10.4. The van der Waals surface area contributed by atoms with Gasteiger partial charge in [0.25, 0.3) is 0 Å². The highest BCUT2D eigenvalue weighted by Crippen LogP contribution is 2.70. The van der Waals surface area contributed by atoms with Crippen LogP contribution in [0.25, 0.3) is 0 Å². The van der Waals surface area contributed by atoms with Crippen molar-refractivity contribution in [3.05, 3.63) is 11.6 Å². The third-order valence-corrected chi connectivity index (χ3v) is 13.2. The zero-order valence-electron chi connectivity index (χ0n) is 24.3. The van der Waals surface area contributed by atoms with Crippen molar-refractivity contribution in [2.75, 3.05) is 13.2 Å². The van der Waals surface area contributed by atoms with Crippen LogP contribution in [0.4, 0.5) is 0 Å². The smallest absolute Gasteiger partial charge is 0.186 e. The number of hydrogen-bond acceptors (Lipinski definition) is 7. The number of allylic oxidation sites excluding steroid dienone is 1. The van der Waals surface area contributed by atoms with E-state index in [0.29, 0.717) is 47.0 Å². The highest BCUT2D eigenvalue weighted by Gasteiger charge is 2.68. The third kappa shape index (κ3) is 3.93. The van der Waals surface area contributed by atoms with Gasteiger partial charge in [-0.1, -0.05) is 39.3 Å². The lowest BCUT2D eigenvalue weighted by Crippen LogP contribution is -2.52. The minimum atomic E-state index is -1.12. The van der Waals surface area contributed by atoms with E-state index in [0.717, 1.165) is 38.7 Å². The van der Waals surface area contributed by atoms with Crippen molar-refractivity contribution in [2.24, 2.45) is 46.3 Å². The summed E-state index contributed by atoms with van der Waals surface area (Å²) >= 11 is 0. The minimum Gasteiger partial charge on any atom is -0.394 e. The molecule has 7 heteroatoms. The van der Waals surface area contributed by atoms with Gasteiger partial charge in [-0.25, -0.2) is 0 Å². The minimum absolute atomic E-state index is 0.0338. The molecule has 0 aromatic rings. The number of ether oxygens (including phenoxy) is 4. The van der Waals surface area contributed by atoms with Crippen LogP contribution in [0.1, 0.15) is 85.5 Å². The summed E-state index contributed by atoms with van der Waals surface area (Å²) in [5.74, 6) is 3.44. The zero-order chi connectivity index (χ0) is 27.3. The number of aliphatic hydroxyl groups is 3. The molecule has 0 bridgehead atoms. The summed E-state index contributed by atoms with van der Waals surface area (Å²) in [6, 6.07) is 0. The predicted molar refractivity (Wildman–Crippen MR) is 144 cm³/mol. The molecule has 0 aromatic carbocycles. The fraction of sp³-hybridized carbons (Fsp3) is 0.938. The van der Waals surface area contributed by atoms with E-state index in [-0.39, 0.29) is 23.9 Å². The maximum absolute atomic E-state index is 10.4. The normalized spacial score (nSPS) is 58.5. The molecule has 220 valence electrons. The molecule has 1 spiro atoms. The molecular weight excluding hydrogens is 496 g/mol. The van der Waals surface area contributed by atoms with Gasteiger partial charge in [-0.2, -0.15) is 0 Å². The fourth-order valence-corrected chi connectivity index (χ4v) is 10.9. The fourth-order valence-electron chi connectivity index (χ4n) is 10.9. The van der Waals surface area contributed by atoms with Crippen LogP contribution in [0.15, 0.2) is 11.6 Å². The molecule has 7 rings (SSSR count). The summed E-state index contributed by atoms with van der Waals surface area (Å²) in [4.78, 5) is 0. The molecule has 3 saturated heterocycles. The Morgan fingerprint density at radius 3 is 2.56 bits per heavy atom. The summed E-state index contributed by atoms with van der Waals surface area (Å²) in [5.41, 5.74) is 2.03. The summed E-state index contributed by atoms with van der Waals surface area (Å²) in [6.07, 6.45) is 8.95. The Kier molecular flexibility index (Phi) is 6.64. The van der Waals surface area contributed by atoms with Crippen molar-refractivity contribution in [2.45, 2.75) is 128 Å². The first-order valence-corrected chi connectivity index (χ1v) is 15.9. The van der Waals surface area contributed by atoms with E-state index in [9.17, 15) is 15.3 Å². The first kappa shape index (κ1) is 27.3. The average Bonchev–Trinajstić information content (AvgIpc) is 3.47. The van der Waals surface area contributed by atoms with Crippen molar-refractivity contribution in [3.8, 4) is 0 Å². The SMILES string of the molecule is C[C@@H]1CC[C@@]2(OC1)O[C@H]1C[C@H]3[C@@H]4CC=C5C[C@@H](O[C@@H]6O[C@H](CO)[C@@H](O)[C@@H]6O)CC[C@]5(C)[C@H]4CC[C@]3(C)[C@H]1[C@@H]2C. The molecular formula is C32H50O7. The van der Waals surface area contributed by atoms with Crippen LogP contribution in [0, 0.1) is 46.3 Å². The Labute approximate surface area is 233 Å². The second kappa shape index (κ2) is 9.48. The molecule has 0 unspecified atom stereocenters. The van der Waals surface area contributed by atoms with Crippen LogP contribution in [0.2, 0.25) is 0 Å². The molecule has 3 saturated carbocycles. The van der Waals surface area contributed by atoms with E-state index < -0.39 is 24.6 Å². The number of fused-ring (bicyclic) bond motifs is 7. The maximum Gasteiger partial charge on any atom is 0.186 e. The molecule has 6 fully saturated rings. The monoisotopic (exact) mass is 546 g/mol. The van der Waals surface area contributed by atoms with Gasteiger partial charge in [0.15, 0.2) is 12.1 Å². The van der Waals surface area contributed by atoms with Gasteiger partial charge in [0, 0.05) is 12.3 Å². The second-order valence-electron chi connectivity index (χ2n) is 15.0. The van der Waals surface area contributed by atoms with Gasteiger partial charge in [0.05, 0.1) is 25.4 Å². The van der Waals surface area contributed by atoms with Crippen molar-refractivity contribution < 1.29 is 34.3 Å². The van der Waals surface area contributed by atoms with E-state index in [1.54, 1.807) is 0 Å². The number of hydrogen-bond donors (Lipinski definition) is 3. The van der Waals surface area contributed by atoms with Gasteiger partial charge in [-0.05, 0) is 91.8 Å². The third-order valence-electron chi connectivity index (χ3n) is 13.2. The highest BCUT2D eigenvalue weighted by molar-refractivity contribution is 5.26. The molecule has 3 aliphatic heterocycles. The van der Waals surface area contributed by atoms with Gasteiger partial charge >= 0.3 is 0 Å². The molecule has 3 N–H and O–H groups in total. The molecule has 7 aliphatic rings. The Hall–Kier alpha value is -0.540. The Balaban J connectivity index is 1.06. The summed E-state index contributed by atoms with van der Waals surface area (Å²) in [7, 11) is 0. The van der Waals surface area contributed by atoms with Crippen LogP contribution >= 0.6 is 0 Å². The van der Waals surface area contributed by atoms with Crippen molar-refractivity contribution >= 4 is 0 Å². The van der Waals surface area contributed by atoms with Gasteiger partial charge in [-0.3, -0.25) is 0 Å². The first-order chi connectivity index (χ1) is 18.6. The van der Waals surface area contributed by atoms with Gasteiger partial charge in [0.1, 0.15) is 18.3 Å². The number of aliphatic hydroxyl groups excluding tert-OH is 3. The largest absolute Gasteiger partial charge is 0.394 e. The Morgan fingerprint density at radius 2 is 1.85 bits per heavy atom. The summed E-state index contributed by atoms with van der Waals surface area (Å²) in [6.45, 7) is 10.3. The molecule has 3 heterocycles. The van der Waals surface area contributed by atoms with Gasteiger partial charge < -0.3 is 34.3 Å². The molecule has 0 aromatic heterocycles. The second-order valence-corrected chi connectivity index (χ2v) is 15.0. The van der Waals surface area contributed by atoms with Crippen molar-refractivity contribution in [1.29, 1.82) is 0 Å². The van der Waals surface area contributed by atoms with Crippen LogP contribution in [-0.4, -0.2) is 71.1 Å². The van der Waals surface area contributed by atoms with Crippen molar-refractivity contribution in [1.82, 2.24) is 0 Å². The van der Waals surface area contributed by atoms with E-state index >= 15 is 0 Å². The molecule has 15 atom stereocenters. The van der Waals surface area contributed by atoms with E-state index in [1.165, 1.54) is 31.3 Å². The van der Waals surface area contributed by atoms with Gasteiger partial charge in [0.2, 0.25) is 0 Å². The molecule has 0 amide bonds. The van der Waals surface area contributed by atoms with Crippen LogP contribution in [-0.2, 0) is 18.9 Å². The lowest BCUT2D eigenvalue weighted by molar-refractivity contribution is -0.272. The first-order valence-electron chi connectivity index (χ1n) is 15.9. The quantitative estimate of drug-likeness (QED) is 0.457. The topological polar surface area (TPSA) is 97.6 Å². The Bertz CT molecular complexity index is 976. The average molecular weight is 547 g/mol. The lowest BCUT2D eigenvalue weighted by Gasteiger charge is -2.58. The van der Waals surface area contributed by atoms with Crippen LogP contribution in [0.3, 0.4) is 0 Å². The molecule has 4 aliphatic carbocycles. The number of rotatable bonds is 3. The standard InChI is InChI=1S/C32H50O7/c1-17-7-12-32(36-16-17)18(2)26-24(39-32)14-23-21-6-5-19-13-20(37-29-28(35)27(34)25(15-33)38-29)8-10-30(19,3)22(21)9-11-31(23,26)4/h5,17-18,20-29,33-35H,6-16H2,1-4H3/t17-,18+,20+,21-,22+,23+,24+,25-,26+,27-,28+,29-,30+,31+,32-/m1/s1. The van der Waals surface area contributed by atoms with E-state index in [1.807, 2.05) is 0 Å². The van der Waals surface area contributed by atoms with Crippen LogP contribution < -0.4 is 0 Å². The van der Waals surface area contributed by atoms with E-state index in [2.05, 4.69) is 33.8 Å². The van der Waals surface area contributed by atoms with Crippen molar-refractivity contribution in [3.63, 3.8) is 0 Å². The summed E-state index contributed by atoms with van der Waals surface area (Å²) in [5, 5.41) is 29.9. The molecule has 7 nitrogen and oxygen atoms in total. The highest BCUT2D eigenvalue weighted by atomic mass is 16.7. The predicted octanol–water partition coefficient (Wildman–Crippen LogP) is 4.18. The Morgan fingerprint density at radius 1 is 1.03 bits per heavy atom. The van der Waals surface area contributed by atoms with Crippen LogP contribution in [0.5, 0.6) is 0 Å². The summed E-state index contributed by atoms with van der Waals surface area (Å²) < 4.78 is 25.2. The lowest BCUT2D eigenvalue weighted by atomic mass is 9.47. The zero-order valence-corrected chi connectivity index (χ0v) is 24.3. The van der Waals surface area contributed by atoms with Gasteiger partial charge in [-0.15, -0.1) is 0 Å².